The van der Waals surface area contributed by atoms with E-state index in [9.17, 15) is 4.79 Å². The number of hydrogen-bond acceptors (Lipinski definition) is 5. The second-order valence-electron chi connectivity index (χ2n) is 6.01. The maximum atomic E-state index is 12.1. The van der Waals surface area contributed by atoms with Gasteiger partial charge in [0.05, 0.1) is 17.7 Å². The van der Waals surface area contributed by atoms with Gasteiger partial charge in [-0.15, -0.1) is 6.58 Å². The Kier molecular flexibility index (Phi) is 4.33. The molecular formula is C17H16ClN3O3S. The van der Waals surface area contributed by atoms with Crippen LogP contribution >= 0.6 is 23.8 Å². The summed E-state index contributed by atoms with van der Waals surface area (Å²) < 4.78 is 15.1. The number of carbonyl (C=O) groups is 1. The zero-order valence-electron chi connectivity index (χ0n) is 13.3. The quantitative estimate of drug-likeness (QED) is 0.605. The summed E-state index contributed by atoms with van der Waals surface area (Å²) in [6.45, 7) is 4.64. The van der Waals surface area contributed by atoms with Crippen LogP contribution in [0.2, 0.25) is 5.02 Å². The second kappa shape index (κ2) is 6.49. The zero-order chi connectivity index (χ0) is 17.6. The predicted molar refractivity (Wildman–Crippen MR) is 95.0 cm³/mol. The Morgan fingerprint density at radius 2 is 2.24 bits per heavy atom. The number of ether oxygens (including phenoxy) is 2. The van der Waals surface area contributed by atoms with Gasteiger partial charge in [-0.2, -0.15) is 5.10 Å². The van der Waals surface area contributed by atoms with Crippen molar-refractivity contribution in [2.75, 3.05) is 6.61 Å². The van der Waals surface area contributed by atoms with Crippen molar-refractivity contribution in [1.82, 2.24) is 14.3 Å². The fourth-order valence-corrected chi connectivity index (χ4v) is 3.79. The van der Waals surface area contributed by atoms with Crippen molar-refractivity contribution in [2.24, 2.45) is 0 Å². The third kappa shape index (κ3) is 2.77. The molecule has 0 aliphatic carbocycles. The average Bonchev–Trinajstić information content (AvgIpc) is 3.17. The number of allylic oxidation sites excluding steroid dienone is 1. The Morgan fingerprint density at radius 1 is 1.44 bits per heavy atom. The van der Waals surface area contributed by atoms with E-state index in [1.807, 2.05) is 22.8 Å². The van der Waals surface area contributed by atoms with Gasteiger partial charge in [0, 0.05) is 18.5 Å². The molecule has 3 atom stereocenters. The third-order valence-electron chi connectivity index (χ3n) is 4.44. The summed E-state index contributed by atoms with van der Waals surface area (Å²) in [5.41, 5.74) is 0.777. The second-order valence-corrected chi connectivity index (χ2v) is 6.78. The van der Waals surface area contributed by atoms with Gasteiger partial charge in [0.15, 0.2) is 16.4 Å². The molecule has 0 spiro atoms. The molecule has 0 N–H and O–H groups in total. The van der Waals surface area contributed by atoms with E-state index >= 15 is 0 Å². The molecule has 0 saturated carbocycles. The Balaban J connectivity index is 1.83. The molecule has 2 aromatic rings. The summed E-state index contributed by atoms with van der Waals surface area (Å²) >= 11 is 12.0. The van der Waals surface area contributed by atoms with Gasteiger partial charge in [-0.05, 0) is 24.4 Å². The van der Waals surface area contributed by atoms with Gasteiger partial charge in [0.2, 0.25) is 6.29 Å². The van der Waals surface area contributed by atoms with Crippen molar-refractivity contribution in [3.05, 3.63) is 46.7 Å². The molecular weight excluding hydrogens is 362 g/mol. The minimum absolute atomic E-state index is 0.0850. The normalized spacial score (nSPS) is 25.3. The molecule has 0 unspecified atom stereocenters. The number of ketones is 1. The van der Waals surface area contributed by atoms with Gasteiger partial charge in [0.1, 0.15) is 6.10 Å². The van der Waals surface area contributed by atoms with Gasteiger partial charge in [-0.3, -0.25) is 9.36 Å². The lowest BCUT2D eigenvalue weighted by Gasteiger charge is -2.26. The molecule has 2 aliphatic rings. The number of nitrogens with zero attached hydrogens (tertiary/aromatic N) is 3. The summed E-state index contributed by atoms with van der Waals surface area (Å²) in [6.07, 6.45) is 1.06. The molecule has 6 nitrogen and oxygen atoms in total. The maximum Gasteiger partial charge on any atom is 0.218 e. The molecule has 2 aliphatic heterocycles. The molecule has 4 rings (SSSR count). The lowest BCUT2D eigenvalue weighted by molar-refractivity contribution is -0.156. The van der Waals surface area contributed by atoms with Crippen LogP contribution in [-0.4, -0.2) is 39.1 Å². The molecule has 0 radical (unpaired) electrons. The number of Topliss-reactive ketones (excluding diaryl/α,β-unsaturated/α-hetero) is 1. The van der Waals surface area contributed by atoms with Crippen LogP contribution in [0, 0.1) is 4.77 Å². The number of rotatable bonds is 4. The number of benzene rings is 1. The van der Waals surface area contributed by atoms with Crippen LogP contribution in [0.5, 0.6) is 0 Å². The number of hydrogen-bond donors (Lipinski definition) is 0. The first-order chi connectivity index (χ1) is 12.1. The molecule has 2 fully saturated rings. The lowest BCUT2D eigenvalue weighted by Crippen LogP contribution is -2.37. The molecule has 2 saturated heterocycles. The van der Waals surface area contributed by atoms with Crippen molar-refractivity contribution < 1.29 is 14.3 Å². The van der Waals surface area contributed by atoms with Crippen LogP contribution < -0.4 is 0 Å². The van der Waals surface area contributed by atoms with E-state index in [0.29, 0.717) is 28.8 Å². The monoisotopic (exact) mass is 377 g/mol. The zero-order valence-corrected chi connectivity index (χ0v) is 14.9. The third-order valence-corrected chi connectivity index (χ3v) is 5.18. The fourth-order valence-electron chi connectivity index (χ4n) is 3.23. The Hall–Kier alpha value is -1.80. The highest BCUT2D eigenvalue weighted by molar-refractivity contribution is 7.71. The van der Waals surface area contributed by atoms with Crippen molar-refractivity contribution in [2.45, 2.75) is 31.4 Å². The highest BCUT2D eigenvalue weighted by Crippen LogP contribution is 2.34. The first kappa shape index (κ1) is 16.7. The van der Waals surface area contributed by atoms with Crippen LogP contribution in [-0.2, 0) is 20.8 Å². The van der Waals surface area contributed by atoms with E-state index in [2.05, 4.69) is 11.7 Å². The van der Waals surface area contributed by atoms with E-state index in [1.165, 1.54) is 0 Å². The summed E-state index contributed by atoms with van der Waals surface area (Å²) in [7, 11) is 0. The summed E-state index contributed by atoms with van der Waals surface area (Å²) in [4.78, 5) is 12.1. The number of carbonyl (C=O) groups excluding carboxylic acids is 1. The van der Waals surface area contributed by atoms with Crippen molar-refractivity contribution in [3.8, 4) is 11.4 Å². The Morgan fingerprint density at radius 3 is 3.00 bits per heavy atom. The number of halogens is 1. The van der Waals surface area contributed by atoms with Gasteiger partial charge >= 0.3 is 0 Å². The molecule has 1 aromatic carbocycles. The molecule has 1 aromatic heterocycles. The van der Waals surface area contributed by atoms with E-state index in [1.54, 1.807) is 16.8 Å². The number of aromatic nitrogens is 3. The van der Waals surface area contributed by atoms with Gasteiger partial charge < -0.3 is 9.47 Å². The Labute approximate surface area is 154 Å². The van der Waals surface area contributed by atoms with Crippen LogP contribution in [0.4, 0.5) is 0 Å². The van der Waals surface area contributed by atoms with Crippen LogP contribution in [0.1, 0.15) is 12.5 Å². The summed E-state index contributed by atoms with van der Waals surface area (Å²) in [6, 6.07) is 7.16. The van der Waals surface area contributed by atoms with E-state index in [0.717, 1.165) is 5.56 Å². The standard InChI is InChI=1S/C17H16ClN3O3S/c1-2-7-20-15(10-5-3-4-6-11(10)18)19-21(17(20)25)12-8-13(22)16-23-9-14(12)24-16/h2-6,12,14,16H,1,7-9H2/t12-,14-,16-/m1/s1. The summed E-state index contributed by atoms with van der Waals surface area (Å²) in [5.74, 6) is 0.558. The Bertz CT molecular complexity index is 907. The van der Waals surface area contributed by atoms with Crippen LogP contribution in [0.25, 0.3) is 11.4 Å². The highest BCUT2D eigenvalue weighted by atomic mass is 35.5. The topological polar surface area (TPSA) is 58.3 Å². The molecule has 130 valence electrons. The smallest absolute Gasteiger partial charge is 0.218 e. The van der Waals surface area contributed by atoms with Gasteiger partial charge in [-0.1, -0.05) is 29.8 Å². The van der Waals surface area contributed by atoms with Crippen LogP contribution in [0.3, 0.4) is 0 Å². The fraction of sp³-hybridized carbons (Fsp3) is 0.353. The van der Waals surface area contributed by atoms with E-state index in [-0.39, 0.29) is 24.3 Å². The minimum atomic E-state index is -0.742. The minimum Gasteiger partial charge on any atom is -0.343 e. The lowest BCUT2D eigenvalue weighted by atomic mass is 10.0. The first-order valence-electron chi connectivity index (χ1n) is 7.95. The van der Waals surface area contributed by atoms with E-state index in [4.69, 9.17) is 33.3 Å². The van der Waals surface area contributed by atoms with E-state index < -0.39 is 6.29 Å². The largest absolute Gasteiger partial charge is 0.343 e. The molecule has 8 heteroatoms. The SMILES string of the molecule is C=CCn1c(-c2ccccc2Cl)nn([C@@H]2CC(=O)[C@@H]3OC[C@H]2O3)c1=S. The van der Waals surface area contributed by atoms with Crippen LogP contribution in [0.15, 0.2) is 36.9 Å². The molecule has 3 heterocycles. The number of fused-ring (bicyclic) bond motifs is 2. The van der Waals surface area contributed by atoms with Crippen molar-refractivity contribution in [1.29, 1.82) is 0 Å². The average molecular weight is 378 g/mol. The van der Waals surface area contributed by atoms with Gasteiger partial charge in [0.25, 0.3) is 0 Å². The first-order valence-corrected chi connectivity index (χ1v) is 8.73. The molecule has 2 bridgehead atoms. The molecule has 25 heavy (non-hydrogen) atoms. The van der Waals surface area contributed by atoms with Crippen molar-refractivity contribution >= 4 is 29.6 Å². The van der Waals surface area contributed by atoms with Gasteiger partial charge in [-0.25, -0.2) is 4.68 Å². The van der Waals surface area contributed by atoms with Crippen molar-refractivity contribution in [3.63, 3.8) is 0 Å². The maximum absolute atomic E-state index is 12.1. The highest BCUT2D eigenvalue weighted by Gasteiger charge is 2.45. The summed E-state index contributed by atoms with van der Waals surface area (Å²) in [5, 5.41) is 5.27. The molecule has 0 amide bonds. The predicted octanol–water partition coefficient (Wildman–Crippen LogP) is 3.18.